The third kappa shape index (κ3) is 2.97. The topological polar surface area (TPSA) is 32.3 Å². The van der Waals surface area contributed by atoms with Crippen molar-refractivity contribution in [3.05, 3.63) is 29.3 Å². The lowest BCUT2D eigenvalue weighted by Crippen LogP contribution is -2.31. The molecule has 0 heterocycles. The molecule has 1 aliphatic carbocycles. The average molecular weight is 274 g/mol. The van der Waals surface area contributed by atoms with Gasteiger partial charge in [-0.15, -0.1) is 0 Å². The fraction of sp³-hybridized carbons (Fsp3) is 0.588. The molecular weight excluding hydrogens is 248 g/mol. The molecule has 0 aromatic heterocycles. The summed E-state index contributed by atoms with van der Waals surface area (Å²) in [6, 6.07) is 6.42. The van der Waals surface area contributed by atoms with Crippen LogP contribution in [-0.2, 0) is 0 Å². The lowest BCUT2D eigenvalue weighted by molar-refractivity contribution is 0.0827. The van der Waals surface area contributed by atoms with Gasteiger partial charge < -0.3 is 10.2 Å². The quantitative estimate of drug-likeness (QED) is 0.911. The van der Waals surface area contributed by atoms with Crippen molar-refractivity contribution in [2.24, 2.45) is 5.41 Å². The summed E-state index contributed by atoms with van der Waals surface area (Å²) >= 11 is 0. The first-order valence-electron chi connectivity index (χ1n) is 7.40. The molecule has 1 N–H and O–H groups in total. The van der Waals surface area contributed by atoms with E-state index in [0.29, 0.717) is 11.5 Å². The van der Waals surface area contributed by atoms with E-state index in [1.165, 1.54) is 24.8 Å². The molecule has 3 nitrogen and oxygen atoms in total. The van der Waals surface area contributed by atoms with Crippen LogP contribution in [0.25, 0.3) is 0 Å². The zero-order valence-corrected chi connectivity index (χ0v) is 13.3. The van der Waals surface area contributed by atoms with Gasteiger partial charge in [0, 0.05) is 31.4 Å². The number of aryl methyl sites for hydroxylation is 1. The molecule has 1 atom stereocenters. The summed E-state index contributed by atoms with van der Waals surface area (Å²) in [5, 5.41) is 3.66. The smallest absolute Gasteiger partial charge is 0.253 e. The maximum Gasteiger partial charge on any atom is 0.253 e. The standard InChI is InChI=1S/C17H26N2O/c1-12-8-9-13(16(20)19(4)5)11-14(12)18-15-7-6-10-17(15,2)3/h8-9,11,15,18H,6-7,10H2,1-5H3. The van der Waals surface area contributed by atoms with Crippen molar-refractivity contribution >= 4 is 11.6 Å². The van der Waals surface area contributed by atoms with E-state index in [9.17, 15) is 4.79 Å². The van der Waals surface area contributed by atoms with Crippen molar-refractivity contribution in [2.45, 2.75) is 46.1 Å². The molecule has 0 saturated heterocycles. The predicted octanol–water partition coefficient (Wildman–Crippen LogP) is 3.69. The van der Waals surface area contributed by atoms with E-state index in [4.69, 9.17) is 0 Å². The van der Waals surface area contributed by atoms with Crippen LogP contribution in [0, 0.1) is 12.3 Å². The number of benzene rings is 1. The molecule has 20 heavy (non-hydrogen) atoms. The molecular formula is C17H26N2O. The van der Waals surface area contributed by atoms with Crippen LogP contribution in [0.1, 0.15) is 49.0 Å². The Labute approximate surface area is 122 Å². The van der Waals surface area contributed by atoms with Crippen LogP contribution >= 0.6 is 0 Å². The summed E-state index contributed by atoms with van der Waals surface area (Å²) in [6.07, 6.45) is 3.75. The first-order valence-corrected chi connectivity index (χ1v) is 7.40. The highest BCUT2D eigenvalue weighted by Gasteiger charge is 2.34. The van der Waals surface area contributed by atoms with Gasteiger partial charge in [-0.3, -0.25) is 4.79 Å². The number of carbonyl (C=O) groups is 1. The molecule has 0 radical (unpaired) electrons. The number of hydrogen-bond donors (Lipinski definition) is 1. The van der Waals surface area contributed by atoms with Gasteiger partial charge in [-0.25, -0.2) is 0 Å². The van der Waals surface area contributed by atoms with Crippen molar-refractivity contribution in [3.63, 3.8) is 0 Å². The lowest BCUT2D eigenvalue weighted by atomic mass is 9.87. The molecule has 1 aromatic carbocycles. The molecule has 110 valence electrons. The van der Waals surface area contributed by atoms with E-state index in [-0.39, 0.29) is 5.91 Å². The van der Waals surface area contributed by atoms with Gasteiger partial charge in [-0.05, 0) is 42.9 Å². The Morgan fingerprint density at radius 3 is 2.60 bits per heavy atom. The molecule has 1 saturated carbocycles. The zero-order valence-electron chi connectivity index (χ0n) is 13.3. The summed E-state index contributed by atoms with van der Waals surface area (Å²) < 4.78 is 0. The molecule has 2 rings (SSSR count). The largest absolute Gasteiger partial charge is 0.382 e. The van der Waals surface area contributed by atoms with Gasteiger partial charge in [-0.2, -0.15) is 0 Å². The summed E-state index contributed by atoms with van der Waals surface area (Å²) in [4.78, 5) is 13.7. The molecule has 0 bridgehead atoms. The van der Waals surface area contributed by atoms with E-state index in [2.05, 4.69) is 26.1 Å². The van der Waals surface area contributed by atoms with Crippen LogP contribution < -0.4 is 5.32 Å². The van der Waals surface area contributed by atoms with Crippen molar-refractivity contribution in [1.29, 1.82) is 0 Å². The Hall–Kier alpha value is -1.51. The number of rotatable bonds is 3. The van der Waals surface area contributed by atoms with Gasteiger partial charge in [0.05, 0.1) is 0 Å². The minimum atomic E-state index is 0.0544. The van der Waals surface area contributed by atoms with Crippen LogP contribution in [0.2, 0.25) is 0 Å². The number of nitrogens with zero attached hydrogens (tertiary/aromatic N) is 1. The Morgan fingerprint density at radius 1 is 1.35 bits per heavy atom. The average Bonchev–Trinajstić information content (AvgIpc) is 2.70. The van der Waals surface area contributed by atoms with E-state index in [0.717, 1.165) is 11.3 Å². The van der Waals surface area contributed by atoms with E-state index in [1.807, 2.05) is 18.2 Å². The summed E-state index contributed by atoms with van der Waals surface area (Å²) in [5.41, 5.74) is 3.37. The van der Waals surface area contributed by atoms with Crippen molar-refractivity contribution in [1.82, 2.24) is 4.90 Å². The van der Waals surface area contributed by atoms with Gasteiger partial charge in [0.15, 0.2) is 0 Å². The van der Waals surface area contributed by atoms with Crippen LogP contribution in [0.4, 0.5) is 5.69 Å². The third-order valence-corrected chi connectivity index (χ3v) is 4.48. The second-order valence-corrected chi connectivity index (χ2v) is 6.81. The van der Waals surface area contributed by atoms with Gasteiger partial charge in [0.1, 0.15) is 0 Å². The maximum absolute atomic E-state index is 12.1. The van der Waals surface area contributed by atoms with Gasteiger partial charge >= 0.3 is 0 Å². The minimum absolute atomic E-state index is 0.0544. The monoisotopic (exact) mass is 274 g/mol. The number of amides is 1. The molecule has 1 aromatic rings. The molecule has 0 aliphatic heterocycles. The summed E-state index contributed by atoms with van der Waals surface area (Å²) in [6.45, 7) is 6.73. The molecule has 3 heteroatoms. The van der Waals surface area contributed by atoms with Crippen LogP contribution in [0.15, 0.2) is 18.2 Å². The second-order valence-electron chi connectivity index (χ2n) is 6.81. The van der Waals surface area contributed by atoms with Gasteiger partial charge in [-0.1, -0.05) is 26.3 Å². The van der Waals surface area contributed by atoms with Crippen LogP contribution in [-0.4, -0.2) is 30.9 Å². The highest BCUT2D eigenvalue weighted by Crippen LogP contribution is 2.39. The number of carbonyl (C=O) groups excluding carboxylic acids is 1. The van der Waals surface area contributed by atoms with Crippen LogP contribution in [0.5, 0.6) is 0 Å². The lowest BCUT2D eigenvalue weighted by Gasteiger charge is -2.29. The van der Waals surface area contributed by atoms with E-state index in [1.54, 1.807) is 19.0 Å². The van der Waals surface area contributed by atoms with E-state index >= 15 is 0 Å². The highest BCUT2D eigenvalue weighted by molar-refractivity contribution is 5.95. The number of hydrogen-bond acceptors (Lipinski definition) is 2. The summed E-state index contributed by atoms with van der Waals surface area (Å²) in [5.74, 6) is 0.0544. The number of anilines is 1. The van der Waals surface area contributed by atoms with Gasteiger partial charge in [0.2, 0.25) is 0 Å². The zero-order chi connectivity index (χ0) is 14.9. The van der Waals surface area contributed by atoms with Crippen molar-refractivity contribution in [3.8, 4) is 0 Å². The number of nitrogens with one attached hydrogen (secondary N) is 1. The fourth-order valence-electron chi connectivity index (χ4n) is 2.95. The molecule has 0 spiro atoms. The molecule has 1 amide bonds. The maximum atomic E-state index is 12.1. The third-order valence-electron chi connectivity index (χ3n) is 4.48. The fourth-order valence-corrected chi connectivity index (χ4v) is 2.95. The Bertz CT molecular complexity index is 506. The Balaban J connectivity index is 2.23. The Morgan fingerprint density at radius 2 is 2.05 bits per heavy atom. The highest BCUT2D eigenvalue weighted by atomic mass is 16.2. The van der Waals surface area contributed by atoms with Crippen molar-refractivity contribution < 1.29 is 4.79 Å². The second kappa shape index (κ2) is 5.47. The van der Waals surface area contributed by atoms with Crippen molar-refractivity contribution in [2.75, 3.05) is 19.4 Å². The van der Waals surface area contributed by atoms with E-state index < -0.39 is 0 Å². The molecule has 1 fully saturated rings. The SMILES string of the molecule is Cc1ccc(C(=O)N(C)C)cc1NC1CCCC1(C)C. The molecule has 1 aliphatic rings. The minimum Gasteiger partial charge on any atom is -0.382 e. The van der Waals surface area contributed by atoms with Crippen LogP contribution in [0.3, 0.4) is 0 Å². The van der Waals surface area contributed by atoms with Gasteiger partial charge in [0.25, 0.3) is 5.91 Å². The normalized spacial score (nSPS) is 20.8. The first-order chi connectivity index (χ1) is 9.31. The summed E-state index contributed by atoms with van der Waals surface area (Å²) in [7, 11) is 3.57. The predicted molar refractivity (Wildman–Crippen MR) is 84.2 cm³/mol. The Kier molecular flexibility index (Phi) is 4.07. The first kappa shape index (κ1) is 14.9. The molecule has 1 unspecified atom stereocenters.